The first-order valence-electron chi connectivity index (χ1n) is 9.84. The van der Waals surface area contributed by atoms with Gasteiger partial charge < -0.3 is 15.3 Å². The number of nitrogens with zero attached hydrogens (tertiary/aromatic N) is 5. The largest absolute Gasteiger partial charge is 0.394 e. The highest BCUT2D eigenvalue weighted by Crippen LogP contribution is 2.22. The predicted octanol–water partition coefficient (Wildman–Crippen LogP) is 3.10. The number of carbonyl (C=O) groups is 1. The molecular weight excluding hydrogens is 458 g/mol. The van der Waals surface area contributed by atoms with Gasteiger partial charge in [-0.2, -0.15) is 0 Å². The number of nitrogens with one attached hydrogen (secondary N) is 1. The summed E-state index contributed by atoms with van der Waals surface area (Å²) >= 11 is 11.6. The maximum Gasteiger partial charge on any atom is 0.318 e. The molecule has 0 radical (unpaired) electrons. The molecule has 0 fully saturated rings. The molecule has 166 valence electrons. The molecule has 2 aromatic heterocycles. The lowest BCUT2D eigenvalue weighted by Crippen LogP contribution is -2.45. The molecule has 0 aliphatic carbocycles. The minimum atomic E-state index is -0.716. The maximum atomic E-state index is 13.4. The monoisotopic (exact) mass is 476 g/mol. The van der Waals surface area contributed by atoms with E-state index >= 15 is 0 Å². The number of hydrogen-bond donors (Lipinski definition) is 2. The van der Waals surface area contributed by atoms with E-state index in [4.69, 9.17) is 23.2 Å². The normalized spacial score (nSPS) is 14.1. The molecule has 11 heteroatoms. The highest BCUT2D eigenvalue weighted by Gasteiger charge is 2.25. The molecule has 1 aliphatic rings. The number of fused-ring (bicyclic) bond motifs is 1. The van der Waals surface area contributed by atoms with E-state index in [9.17, 15) is 14.3 Å². The van der Waals surface area contributed by atoms with Crippen LogP contribution in [0.1, 0.15) is 34.4 Å². The van der Waals surface area contributed by atoms with Gasteiger partial charge in [0.1, 0.15) is 16.8 Å². The number of aromatic nitrogens is 4. The van der Waals surface area contributed by atoms with Crippen LogP contribution in [0.3, 0.4) is 0 Å². The van der Waals surface area contributed by atoms with Crippen molar-refractivity contribution < 1.29 is 14.3 Å². The molecule has 1 atom stereocenters. The summed E-state index contributed by atoms with van der Waals surface area (Å²) in [5.41, 5.74) is 2.93. The van der Waals surface area contributed by atoms with Crippen molar-refractivity contribution in [1.82, 2.24) is 30.2 Å². The highest BCUT2D eigenvalue weighted by molar-refractivity contribution is 6.30. The SMILES string of the molecule is O=C(N[C@H](CO)c1ccc(F)c(Cl)c1)N1CCc2cnc(Cc3cnc(Cl)cn3)nc2C1. The van der Waals surface area contributed by atoms with Gasteiger partial charge in [-0.05, 0) is 29.7 Å². The summed E-state index contributed by atoms with van der Waals surface area (Å²) < 4.78 is 13.4. The molecule has 0 spiro atoms. The van der Waals surface area contributed by atoms with Crippen molar-refractivity contribution in [3.8, 4) is 0 Å². The number of rotatable bonds is 5. The Morgan fingerprint density at radius 1 is 1.22 bits per heavy atom. The van der Waals surface area contributed by atoms with Crippen LogP contribution in [-0.4, -0.2) is 49.1 Å². The van der Waals surface area contributed by atoms with Crippen LogP contribution in [0.2, 0.25) is 10.2 Å². The Labute approximate surface area is 193 Å². The van der Waals surface area contributed by atoms with Crippen molar-refractivity contribution in [2.45, 2.75) is 25.4 Å². The first-order chi connectivity index (χ1) is 15.4. The third-order valence-electron chi connectivity index (χ3n) is 5.12. The predicted molar refractivity (Wildman–Crippen MR) is 116 cm³/mol. The zero-order valence-electron chi connectivity index (χ0n) is 16.8. The zero-order chi connectivity index (χ0) is 22.7. The quantitative estimate of drug-likeness (QED) is 0.586. The van der Waals surface area contributed by atoms with Gasteiger partial charge in [0.05, 0.1) is 54.4 Å². The fraction of sp³-hybridized carbons (Fsp3) is 0.286. The molecule has 1 aliphatic heterocycles. The summed E-state index contributed by atoms with van der Waals surface area (Å²) in [5, 5.41) is 12.7. The van der Waals surface area contributed by atoms with Crippen molar-refractivity contribution >= 4 is 29.2 Å². The minimum Gasteiger partial charge on any atom is -0.394 e. The molecule has 8 nitrogen and oxygen atoms in total. The van der Waals surface area contributed by atoms with Gasteiger partial charge in [-0.3, -0.25) is 4.98 Å². The van der Waals surface area contributed by atoms with E-state index in [1.807, 2.05) is 0 Å². The van der Waals surface area contributed by atoms with Gasteiger partial charge >= 0.3 is 6.03 Å². The number of benzene rings is 1. The molecule has 3 heterocycles. The Balaban J connectivity index is 1.44. The Bertz CT molecular complexity index is 1130. The lowest BCUT2D eigenvalue weighted by Gasteiger charge is -2.30. The number of aliphatic hydroxyl groups is 1. The van der Waals surface area contributed by atoms with E-state index in [0.717, 1.165) is 11.3 Å². The third-order valence-corrected chi connectivity index (χ3v) is 5.61. The van der Waals surface area contributed by atoms with Crippen molar-refractivity contribution in [3.63, 3.8) is 0 Å². The number of halogens is 3. The Morgan fingerprint density at radius 2 is 2.06 bits per heavy atom. The first kappa shape index (κ1) is 22.3. The van der Waals surface area contributed by atoms with Crippen LogP contribution < -0.4 is 5.32 Å². The van der Waals surface area contributed by atoms with Crippen LogP contribution in [0.4, 0.5) is 9.18 Å². The Kier molecular flexibility index (Phi) is 6.78. The maximum absolute atomic E-state index is 13.4. The van der Waals surface area contributed by atoms with Gasteiger partial charge in [0.2, 0.25) is 0 Å². The first-order valence-corrected chi connectivity index (χ1v) is 10.6. The summed E-state index contributed by atoms with van der Waals surface area (Å²) in [5.74, 6) is 0.00274. The van der Waals surface area contributed by atoms with Gasteiger partial charge in [-0.25, -0.2) is 24.1 Å². The third kappa shape index (κ3) is 5.12. The number of hydrogen-bond acceptors (Lipinski definition) is 6. The van der Waals surface area contributed by atoms with E-state index in [-0.39, 0.29) is 17.7 Å². The molecule has 32 heavy (non-hydrogen) atoms. The van der Waals surface area contributed by atoms with E-state index in [1.165, 1.54) is 24.4 Å². The summed E-state index contributed by atoms with van der Waals surface area (Å²) in [6, 6.07) is 2.99. The van der Waals surface area contributed by atoms with Crippen LogP contribution in [0, 0.1) is 5.82 Å². The zero-order valence-corrected chi connectivity index (χ0v) is 18.3. The Hall–Kier alpha value is -2.88. The second kappa shape index (κ2) is 9.72. The van der Waals surface area contributed by atoms with Gasteiger partial charge in [0.25, 0.3) is 0 Å². The molecule has 4 rings (SSSR count). The summed E-state index contributed by atoms with van der Waals surface area (Å²) in [6.07, 6.45) is 5.81. The molecule has 0 saturated carbocycles. The van der Waals surface area contributed by atoms with E-state index in [0.29, 0.717) is 48.2 Å². The summed E-state index contributed by atoms with van der Waals surface area (Å²) in [4.78, 5) is 31.6. The number of aliphatic hydroxyl groups excluding tert-OH is 1. The summed E-state index contributed by atoms with van der Waals surface area (Å²) in [6.45, 7) is 0.421. The Morgan fingerprint density at radius 3 is 2.78 bits per heavy atom. The second-order valence-electron chi connectivity index (χ2n) is 7.30. The van der Waals surface area contributed by atoms with E-state index < -0.39 is 11.9 Å². The molecule has 3 aromatic rings. The molecule has 2 N–H and O–H groups in total. The van der Waals surface area contributed by atoms with Crippen LogP contribution in [0.25, 0.3) is 0 Å². The van der Waals surface area contributed by atoms with Crippen LogP contribution in [0.5, 0.6) is 0 Å². The van der Waals surface area contributed by atoms with Crippen LogP contribution in [0.15, 0.2) is 36.8 Å². The fourth-order valence-corrected chi connectivity index (χ4v) is 3.69. The standard InChI is InChI=1S/C21H19Cl2FN6O2/c22-15-5-12(1-2-16(15)24)18(11-31)29-21(32)30-4-3-13-7-27-20(28-17(13)10-30)6-14-8-26-19(23)9-25-14/h1-2,5,7-9,18,31H,3-4,6,10-11H2,(H,29,32)/t18-/m1/s1. The number of amides is 2. The molecule has 2 amide bonds. The average molecular weight is 477 g/mol. The van der Waals surface area contributed by atoms with Gasteiger partial charge in [-0.1, -0.05) is 29.3 Å². The van der Waals surface area contributed by atoms with Crippen LogP contribution in [-0.2, 0) is 19.4 Å². The smallest absolute Gasteiger partial charge is 0.318 e. The molecule has 1 aromatic carbocycles. The van der Waals surface area contributed by atoms with E-state index in [2.05, 4.69) is 25.3 Å². The van der Waals surface area contributed by atoms with Gasteiger partial charge in [0.15, 0.2) is 0 Å². The molecule has 0 saturated heterocycles. The molecule has 0 unspecified atom stereocenters. The van der Waals surface area contributed by atoms with E-state index in [1.54, 1.807) is 17.3 Å². The topological polar surface area (TPSA) is 104 Å². The number of carbonyl (C=O) groups excluding carboxylic acids is 1. The number of urea groups is 1. The lowest BCUT2D eigenvalue weighted by atomic mass is 10.1. The summed E-state index contributed by atoms with van der Waals surface area (Å²) in [7, 11) is 0. The fourth-order valence-electron chi connectivity index (χ4n) is 3.40. The molecule has 0 bridgehead atoms. The van der Waals surface area contributed by atoms with Crippen molar-refractivity contribution in [3.05, 3.63) is 81.1 Å². The van der Waals surface area contributed by atoms with Gasteiger partial charge in [-0.15, -0.1) is 0 Å². The van der Waals surface area contributed by atoms with Crippen molar-refractivity contribution in [2.24, 2.45) is 0 Å². The van der Waals surface area contributed by atoms with Crippen molar-refractivity contribution in [2.75, 3.05) is 13.2 Å². The minimum absolute atomic E-state index is 0.0725. The average Bonchev–Trinajstić information content (AvgIpc) is 2.80. The second-order valence-corrected chi connectivity index (χ2v) is 8.09. The van der Waals surface area contributed by atoms with Crippen molar-refractivity contribution in [1.29, 1.82) is 0 Å². The highest BCUT2D eigenvalue weighted by atomic mass is 35.5. The van der Waals surface area contributed by atoms with Crippen LogP contribution >= 0.6 is 23.2 Å². The van der Waals surface area contributed by atoms with Gasteiger partial charge in [0, 0.05) is 12.7 Å². The lowest BCUT2D eigenvalue weighted by molar-refractivity contribution is 0.176. The molecular formula is C21H19Cl2FN6O2.